The van der Waals surface area contributed by atoms with Crippen molar-refractivity contribution >= 4 is 11.0 Å². The lowest BCUT2D eigenvalue weighted by atomic mass is 9.98. The van der Waals surface area contributed by atoms with Crippen LogP contribution in [0.25, 0.3) is 11.0 Å². The minimum Gasteiger partial charge on any atom is -0.316 e. The first kappa shape index (κ1) is 13.0. The third-order valence-corrected chi connectivity index (χ3v) is 3.43. The summed E-state index contributed by atoms with van der Waals surface area (Å²) in [4.78, 5) is 9.37. The van der Waals surface area contributed by atoms with Crippen molar-refractivity contribution < 1.29 is 0 Å². The molecule has 18 heavy (non-hydrogen) atoms. The fourth-order valence-electron chi connectivity index (χ4n) is 2.20. The number of nitrogens with zero attached hydrogens (tertiary/aromatic N) is 2. The summed E-state index contributed by atoms with van der Waals surface area (Å²) in [5.41, 5.74) is 4.09. The summed E-state index contributed by atoms with van der Waals surface area (Å²) < 4.78 is 0. The van der Waals surface area contributed by atoms with E-state index in [4.69, 9.17) is 4.98 Å². The molecule has 1 N–H and O–H groups in total. The van der Waals surface area contributed by atoms with Gasteiger partial charge < -0.3 is 5.32 Å². The summed E-state index contributed by atoms with van der Waals surface area (Å²) in [7, 11) is 2.01. The van der Waals surface area contributed by atoms with Gasteiger partial charge in [-0.15, -0.1) is 0 Å². The summed E-state index contributed by atoms with van der Waals surface area (Å²) in [6, 6.07) is 8.49. The van der Waals surface area contributed by atoms with Crippen LogP contribution in [0.4, 0.5) is 0 Å². The topological polar surface area (TPSA) is 37.8 Å². The number of rotatable bonds is 4. The SMILES string of the molecule is CNC(Cc1nc2ccccc2nc1C)C(C)C. The standard InChI is InChI=1S/C15H21N3/c1-10(2)14(16-4)9-15-11(3)17-12-7-5-6-8-13(12)18-15/h5-8,10,14,16H,9H2,1-4H3. The van der Waals surface area contributed by atoms with E-state index in [0.29, 0.717) is 12.0 Å². The number of hydrogen-bond acceptors (Lipinski definition) is 3. The maximum atomic E-state index is 4.74. The van der Waals surface area contributed by atoms with E-state index < -0.39 is 0 Å². The highest BCUT2D eigenvalue weighted by Crippen LogP contribution is 2.15. The predicted molar refractivity (Wildman–Crippen MR) is 75.7 cm³/mol. The van der Waals surface area contributed by atoms with Crippen molar-refractivity contribution in [2.45, 2.75) is 33.2 Å². The van der Waals surface area contributed by atoms with E-state index in [0.717, 1.165) is 28.8 Å². The van der Waals surface area contributed by atoms with Gasteiger partial charge >= 0.3 is 0 Å². The molecule has 0 aliphatic heterocycles. The molecule has 0 amide bonds. The second kappa shape index (κ2) is 5.44. The highest BCUT2D eigenvalue weighted by atomic mass is 14.9. The van der Waals surface area contributed by atoms with E-state index in [1.54, 1.807) is 0 Å². The zero-order valence-corrected chi connectivity index (χ0v) is 11.6. The molecular weight excluding hydrogens is 222 g/mol. The molecule has 1 unspecified atom stereocenters. The molecule has 1 aromatic carbocycles. The Hall–Kier alpha value is -1.48. The first-order valence-electron chi connectivity index (χ1n) is 6.51. The molecule has 96 valence electrons. The van der Waals surface area contributed by atoms with Gasteiger partial charge in [0.05, 0.1) is 22.4 Å². The Bertz CT molecular complexity index is 534. The van der Waals surface area contributed by atoms with Gasteiger partial charge in [0.1, 0.15) is 0 Å². The number of aromatic nitrogens is 2. The number of hydrogen-bond donors (Lipinski definition) is 1. The quantitative estimate of drug-likeness (QED) is 0.897. The van der Waals surface area contributed by atoms with Crippen molar-refractivity contribution in [2.75, 3.05) is 7.05 Å². The Morgan fingerprint density at radius 1 is 1.11 bits per heavy atom. The van der Waals surface area contributed by atoms with Gasteiger partial charge in [0.2, 0.25) is 0 Å². The molecule has 3 heteroatoms. The molecule has 2 aromatic rings. The van der Waals surface area contributed by atoms with Gasteiger partial charge in [0.25, 0.3) is 0 Å². The summed E-state index contributed by atoms with van der Waals surface area (Å²) >= 11 is 0. The minimum absolute atomic E-state index is 0.444. The van der Waals surface area contributed by atoms with Crippen LogP contribution in [0.1, 0.15) is 25.2 Å². The summed E-state index contributed by atoms with van der Waals surface area (Å²) in [6.45, 7) is 6.50. The Balaban J connectivity index is 2.35. The average molecular weight is 243 g/mol. The number of nitrogens with one attached hydrogen (secondary N) is 1. The maximum absolute atomic E-state index is 4.74. The fourth-order valence-corrected chi connectivity index (χ4v) is 2.20. The van der Waals surface area contributed by atoms with Gasteiger partial charge in [-0.1, -0.05) is 26.0 Å². The van der Waals surface area contributed by atoms with Crippen LogP contribution in [0.5, 0.6) is 0 Å². The van der Waals surface area contributed by atoms with Crippen LogP contribution >= 0.6 is 0 Å². The van der Waals surface area contributed by atoms with E-state index >= 15 is 0 Å². The Kier molecular flexibility index (Phi) is 3.92. The molecule has 0 aliphatic rings. The van der Waals surface area contributed by atoms with Gasteiger partial charge in [-0.3, -0.25) is 0 Å². The van der Waals surface area contributed by atoms with E-state index in [9.17, 15) is 0 Å². The first-order valence-corrected chi connectivity index (χ1v) is 6.51. The van der Waals surface area contributed by atoms with Crippen molar-refractivity contribution in [3.05, 3.63) is 35.7 Å². The Morgan fingerprint density at radius 2 is 1.72 bits per heavy atom. The minimum atomic E-state index is 0.444. The number of benzene rings is 1. The Morgan fingerprint density at radius 3 is 2.28 bits per heavy atom. The van der Waals surface area contributed by atoms with E-state index in [1.807, 2.05) is 38.2 Å². The lowest BCUT2D eigenvalue weighted by molar-refractivity contribution is 0.420. The third kappa shape index (κ3) is 2.67. The molecule has 0 fully saturated rings. The fraction of sp³-hybridized carbons (Fsp3) is 0.467. The van der Waals surface area contributed by atoms with Crippen LogP contribution in [-0.4, -0.2) is 23.1 Å². The van der Waals surface area contributed by atoms with Crippen molar-refractivity contribution in [3.8, 4) is 0 Å². The summed E-state index contributed by atoms with van der Waals surface area (Å²) in [5.74, 6) is 0.586. The average Bonchev–Trinajstić information content (AvgIpc) is 2.35. The molecule has 0 saturated heterocycles. The van der Waals surface area contributed by atoms with Crippen LogP contribution < -0.4 is 5.32 Å². The second-order valence-electron chi connectivity index (χ2n) is 5.09. The lowest BCUT2D eigenvalue weighted by Gasteiger charge is -2.20. The van der Waals surface area contributed by atoms with Gasteiger partial charge in [-0.25, -0.2) is 9.97 Å². The molecule has 1 aromatic heterocycles. The van der Waals surface area contributed by atoms with E-state index in [1.165, 1.54) is 0 Å². The molecule has 2 rings (SSSR count). The van der Waals surface area contributed by atoms with Crippen LogP contribution in [0.3, 0.4) is 0 Å². The second-order valence-corrected chi connectivity index (χ2v) is 5.09. The van der Waals surface area contributed by atoms with Gasteiger partial charge in [-0.2, -0.15) is 0 Å². The molecule has 0 bridgehead atoms. The molecule has 0 radical (unpaired) electrons. The predicted octanol–water partition coefficient (Wildman–Crippen LogP) is 2.72. The van der Waals surface area contributed by atoms with Crippen LogP contribution in [0.15, 0.2) is 24.3 Å². The van der Waals surface area contributed by atoms with Gasteiger partial charge in [-0.05, 0) is 32.0 Å². The number of aryl methyl sites for hydroxylation is 1. The highest BCUT2D eigenvalue weighted by molar-refractivity contribution is 5.74. The highest BCUT2D eigenvalue weighted by Gasteiger charge is 2.15. The van der Waals surface area contributed by atoms with Gasteiger partial charge in [0, 0.05) is 12.5 Å². The van der Waals surface area contributed by atoms with Crippen LogP contribution in [-0.2, 0) is 6.42 Å². The van der Waals surface area contributed by atoms with Crippen molar-refractivity contribution in [2.24, 2.45) is 5.92 Å². The first-order chi connectivity index (χ1) is 8.61. The molecule has 1 heterocycles. The van der Waals surface area contributed by atoms with E-state index in [2.05, 4.69) is 24.1 Å². The molecular formula is C15H21N3. The molecule has 1 atom stereocenters. The smallest absolute Gasteiger partial charge is 0.0890 e. The van der Waals surface area contributed by atoms with Crippen molar-refractivity contribution in [3.63, 3.8) is 0 Å². The Labute approximate surface area is 109 Å². The molecule has 3 nitrogen and oxygen atoms in total. The number of para-hydroxylation sites is 2. The number of fused-ring (bicyclic) bond motifs is 1. The maximum Gasteiger partial charge on any atom is 0.0890 e. The summed E-state index contributed by atoms with van der Waals surface area (Å²) in [6.07, 6.45) is 0.928. The number of likely N-dealkylation sites (N-methyl/N-ethyl adjacent to an activating group) is 1. The zero-order valence-electron chi connectivity index (χ0n) is 11.6. The van der Waals surface area contributed by atoms with Crippen molar-refractivity contribution in [1.29, 1.82) is 0 Å². The van der Waals surface area contributed by atoms with Crippen LogP contribution in [0.2, 0.25) is 0 Å². The van der Waals surface area contributed by atoms with E-state index in [-0.39, 0.29) is 0 Å². The van der Waals surface area contributed by atoms with Gasteiger partial charge in [0.15, 0.2) is 0 Å². The normalized spacial score (nSPS) is 13.2. The van der Waals surface area contributed by atoms with Crippen LogP contribution in [0, 0.1) is 12.8 Å². The largest absolute Gasteiger partial charge is 0.316 e. The molecule has 0 saturated carbocycles. The summed E-state index contributed by atoms with van der Waals surface area (Å²) in [5, 5.41) is 3.36. The zero-order chi connectivity index (χ0) is 13.1. The monoisotopic (exact) mass is 243 g/mol. The third-order valence-electron chi connectivity index (χ3n) is 3.43. The lowest BCUT2D eigenvalue weighted by Crippen LogP contribution is -2.33. The molecule has 0 spiro atoms. The molecule has 0 aliphatic carbocycles. The van der Waals surface area contributed by atoms with Crippen molar-refractivity contribution in [1.82, 2.24) is 15.3 Å².